The van der Waals surface area contributed by atoms with Crippen molar-refractivity contribution in [2.24, 2.45) is 0 Å². The van der Waals surface area contributed by atoms with Gasteiger partial charge in [-0.25, -0.2) is 14.8 Å². The fourth-order valence-electron chi connectivity index (χ4n) is 2.26. The molecule has 24 heavy (non-hydrogen) atoms. The summed E-state index contributed by atoms with van der Waals surface area (Å²) in [6, 6.07) is 3.41. The van der Waals surface area contributed by atoms with Crippen molar-refractivity contribution in [1.29, 1.82) is 0 Å². The minimum absolute atomic E-state index is 0.293. The molecular formula is C16H16N4O3S. The third kappa shape index (κ3) is 3.13. The summed E-state index contributed by atoms with van der Waals surface area (Å²) in [6.45, 7) is 5.63. The number of hydrogen-bond donors (Lipinski definition) is 1. The summed E-state index contributed by atoms with van der Waals surface area (Å²) in [4.78, 5) is 33.1. The molecule has 3 aromatic rings. The van der Waals surface area contributed by atoms with E-state index in [1.54, 1.807) is 32.2 Å². The highest BCUT2D eigenvalue weighted by atomic mass is 32.1. The second kappa shape index (κ2) is 6.40. The van der Waals surface area contributed by atoms with Gasteiger partial charge in [0, 0.05) is 18.0 Å². The Hall–Kier alpha value is -2.74. The average Bonchev–Trinajstić information content (AvgIpc) is 3.08. The van der Waals surface area contributed by atoms with Crippen LogP contribution in [0.25, 0.3) is 5.65 Å². The van der Waals surface area contributed by atoms with Crippen LogP contribution >= 0.6 is 11.3 Å². The summed E-state index contributed by atoms with van der Waals surface area (Å²) in [6.07, 6.45) is 3.66. The van der Waals surface area contributed by atoms with Crippen molar-refractivity contribution in [3.8, 4) is 0 Å². The fraction of sp³-hybridized carbons (Fsp3) is 0.250. The van der Waals surface area contributed by atoms with E-state index in [4.69, 9.17) is 4.74 Å². The molecule has 0 radical (unpaired) electrons. The molecule has 0 bridgehead atoms. The number of pyridine rings is 1. The fourth-order valence-corrected chi connectivity index (χ4v) is 3.11. The van der Waals surface area contributed by atoms with Gasteiger partial charge in [-0.05, 0) is 32.9 Å². The number of carbonyl (C=O) groups is 2. The van der Waals surface area contributed by atoms with E-state index in [0.717, 1.165) is 17.0 Å². The Labute approximate surface area is 142 Å². The maximum absolute atomic E-state index is 12.4. The van der Waals surface area contributed by atoms with E-state index < -0.39 is 5.97 Å². The third-order valence-electron chi connectivity index (χ3n) is 3.32. The van der Waals surface area contributed by atoms with Crippen LogP contribution in [0.3, 0.4) is 0 Å². The zero-order valence-corrected chi connectivity index (χ0v) is 14.3. The zero-order valence-electron chi connectivity index (χ0n) is 13.5. The monoisotopic (exact) mass is 344 g/mol. The van der Waals surface area contributed by atoms with E-state index in [0.29, 0.717) is 33.5 Å². The molecule has 0 saturated heterocycles. The number of amides is 1. The van der Waals surface area contributed by atoms with Crippen LogP contribution in [0.5, 0.6) is 0 Å². The van der Waals surface area contributed by atoms with Crippen LogP contribution in [0.1, 0.15) is 38.3 Å². The second-order valence-corrected chi connectivity index (χ2v) is 6.17. The number of ether oxygens (including phenoxy) is 1. The molecule has 0 unspecified atom stereocenters. The number of thiazole rings is 1. The first-order chi connectivity index (χ1) is 11.5. The third-order valence-corrected chi connectivity index (χ3v) is 4.37. The number of nitrogens with one attached hydrogen (secondary N) is 1. The maximum atomic E-state index is 12.4. The molecule has 0 spiro atoms. The molecule has 124 valence electrons. The summed E-state index contributed by atoms with van der Waals surface area (Å²) in [7, 11) is 0. The lowest BCUT2D eigenvalue weighted by Gasteiger charge is -2.02. The Morgan fingerprint density at radius 2 is 2.12 bits per heavy atom. The van der Waals surface area contributed by atoms with Gasteiger partial charge in [-0.15, -0.1) is 0 Å². The van der Waals surface area contributed by atoms with Crippen LogP contribution in [0.2, 0.25) is 0 Å². The molecule has 0 aliphatic rings. The molecule has 3 aromatic heterocycles. The summed E-state index contributed by atoms with van der Waals surface area (Å²) in [5, 5.41) is 3.07. The van der Waals surface area contributed by atoms with Crippen LogP contribution in [0, 0.1) is 13.8 Å². The molecular weight excluding hydrogens is 328 g/mol. The first-order valence-electron chi connectivity index (χ1n) is 7.39. The lowest BCUT2D eigenvalue weighted by Crippen LogP contribution is -2.12. The molecule has 1 N–H and O–H groups in total. The van der Waals surface area contributed by atoms with Crippen molar-refractivity contribution in [2.75, 3.05) is 11.9 Å². The number of aryl methyl sites for hydroxylation is 2. The van der Waals surface area contributed by atoms with E-state index >= 15 is 0 Å². The number of esters is 1. The summed E-state index contributed by atoms with van der Waals surface area (Å²) in [5.41, 5.74) is 2.58. The van der Waals surface area contributed by atoms with Crippen LogP contribution < -0.4 is 5.32 Å². The molecule has 0 saturated carbocycles. The van der Waals surface area contributed by atoms with Gasteiger partial charge in [0.2, 0.25) is 0 Å². The quantitative estimate of drug-likeness (QED) is 0.736. The van der Waals surface area contributed by atoms with Gasteiger partial charge < -0.3 is 9.14 Å². The number of imidazole rings is 1. The molecule has 8 heteroatoms. The zero-order chi connectivity index (χ0) is 17.3. The Morgan fingerprint density at radius 3 is 2.88 bits per heavy atom. The average molecular weight is 344 g/mol. The molecule has 0 fully saturated rings. The number of fused-ring (bicyclic) bond motifs is 1. The Balaban J connectivity index is 1.80. The minimum atomic E-state index is -0.428. The SMILES string of the molecule is CCOC(=O)c1sc(NC(=O)c2ccn3cc(C)nc3c2)nc1C. The number of nitrogens with zero attached hydrogens (tertiary/aromatic N) is 3. The van der Waals surface area contributed by atoms with E-state index in [1.165, 1.54) is 0 Å². The van der Waals surface area contributed by atoms with Gasteiger partial charge in [0.05, 0.1) is 18.0 Å². The van der Waals surface area contributed by atoms with Gasteiger partial charge >= 0.3 is 5.97 Å². The largest absolute Gasteiger partial charge is 0.462 e. The van der Waals surface area contributed by atoms with Gasteiger partial charge in [-0.1, -0.05) is 11.3 Å². The van der Waals surface area contributed by atoms with Crippen LogP contribution in [-0.2, 0) is 4.74 Å². The van der Waals surface area contributed by atoms with Gasteiger partial charge in [0.15, 0.2) is 5.13 Å². The molecule has 0 aromatic carbocycles. The van der Waals surface area contributed by atoms with Crippen LogP contribution in [0.4, 0.5) is 5.13 Å². The number of carbonyl (C=O) groups excluding carboxylic acids is 2. The van der Waals surface area contributed by atoms with Crippen molar-refractivity contribution in [2.45, 2.75) is 20.8 Å². The van der Waals surface area contributed by atoms with Crippen molar-refractivity contribution in [3.05, 3.63) is 46.4 Å². The highest BCUT2D eigenvalue weighted by Gasteiger charge is 2.18. The van der Waals surface area contributed by atoms with Crippen molar-refractivity contribution in [3.63, 3.8) is 0 Å². The van der Waals surface area contributed by atoms with Crippen LogP contribution in [0.15, 0.2) is 24.5 Å². The number of hydrogen-bond acceptors (Lipinski definition) is 6. The lowest BCUT2D eigenvalue weighted by atomic mass is 10.2. The smallest absolute Gasteiger partial charge is 0.350 e. The molecule has 0 aliphatic heterocycles. The highest BCUT2D eigenvalue weighted by molar-refractivity contribution is 7.17. The van der Waals surface area contributed by atoms with E-state index in [2.05, 4.69) is 15.3 Å². The molecule has 0 atom stereocenters. The number of aromatic nitrogens is 3. The maximum Gasteiger partial charge on any atom is 0.350 e. The molecule has 3 heterocycles. The Bertz CT molecular complexity index is 929. The molecule has 1 amide bonds. The van der Waals surface area contributed by atoms with Crippen molar-refractivity contribution >= 4 is 34.0 Å². The number of rotatable bonds is 4. The van der Waals surface area contributed by atoms with Crippen molar-refractivity contribution < 1.29 is 14.3 Å². The van der Waals surface area contributed by atoms with Gasteiger partial charge in [0.1, 0.15) is 10.5 Å². The summed E-state index contributed by atoms with van der Waals surface area (Å²) >= 11 is 1.10. The number of anilines is 1. The van der Waals surface area contributed by atoms with Gasteiger partial charge in [-0.3, -0.25) is 10.1 Å². The van der Waals surface area contributed by atoms with Crippen LogP contribution in [-0.4, -0.2) is 32.9 Å². The van der Waals surface area contributed by atoms with Gasteiger partial charge in [-0.2, -0.15) is 0 Å². The molecule has 7 nitrogen and oxygen atoms in total. The Kier molecular flexibility index (Phi) is 4.30. The van der Waals surface area contributed by atoms with Crippen molar-refractivity contribution in [1.82, 2.24) is 14.4 Å². The second-order valence-electron chi connectivity index (χ2n) is 5.17. The summed E-state index contributed by atoms with van der Waals surface area (Å²) in [5.74, 6) is -0.732. The molecule has 3 rings (SSSR count). The van der Waals surface area contributed by atoms with E-state index in [1.807, 2.05) is 17.5 Å². The molecule has 0 aliphatic carbocycles. The highest BCUT2D eigenvalue weighted by Crippen LogP contribution is 2.24. The minimum Gasteiger partial charge on any atom is -0.462 e. The lowest BCUT2D eigenvalue weighted by molar-refractivity contribution is 0.0531. The topological polar surface area (TPSA) is 85.6 Å². The normalized spacial score (nSPS) is 10.8. The summed E-state index contributed by atoms with van der Waals surface area (Å²) < 4.78 is 6.82. The first-order valence-corrected chi connectivity index (χ1v) is 8.21. The first kappa shape index (κ1) is 16.1. The van der Waals surface area contributed by atoms with E-state index in [9.17, 15) is 9.59 Å². The van der Waals surface area contributed by atoms with Gasteiger partial charge in [0.25, 0.3) is 5.91 Å². The standard InChI is InChI=1S/C16H16N4O3S/c1-4-23-15(22)13-10(3)18-16(24-13)19-14(21)11-5-6-20-8-9(2)17-12(20)7-11/h5-8H,4H2,1-3H3,(H,18,19,21). The predicted molar refractivity (Wildman–Crippen MR) is 90.7 cm³/mol. The Morgan fingerprint density at radius 1 is 1.33 bits per heavy atom. The predicted octanol–water partition coefficient (Wildman–Crippen LogP) is 2.84. The van der Waals surface area contributed by atoms with E-state index in [-0.39, 0.29) is 5.91 Å².